The molecule has 4 N–H and O–H groups in total. The Bertz CT molecular complexity index is 462. The molecule has 0 aliphatic heterocycles. The Kier molecular flexibility index (Phi) is 28.6. The van der Waals surface area contributed by atoms with Crippen molar-refractivity contribution < 1.29 is 13.2 Å². The van der Waals surface area contributed by atoms with Crippen LogP contribution in [-0.4, -0.2) is 19.3 Å². The van der Waals surface area contributed by atoms with Gasteiger partial charge in [-0.05, 0) is 38.8 Å². The van der Waals surface area contributed by atoms with Gasteiger partial charge in [-0.25, -0.2) is 0 Å². The number of hydrogen-bond acceptors (Lipinski definition) is 2. The van der Waals surface area contributed by atoms with Gasteiger partial charge in [0, 0.05) is 0 Å². The van der Waals surface area contributed by atoms with E-state index in [1.54, 1.807) is 0 Å². The molecule has 0 rings (SSSR count). The third-order valence-electron chi connectivity index (χ3n) is 9.05. The first-order chi connectivity index (χ1) is 19.4. The topological polar surface area (TPSA) is 52.0 Å². The molecule has 5 heteroatoms. The van der Waals surface area contributed by atoms with Crippen LogP contribution in [0.15, 0.2) is 0 Å². The summed E-state index contributed by atoms with van der Waals surface area (Å²) in [7, 11) is 0. The SMILES string of the molecule is CC(CCCCCCCCCCCCCCCCN)(CCCCCCCCCCCCCCCCN)C(F)(F)F. The van der Waals surface area contributed by atoms with Crippen LogP contribution in [-0.2, 0) is 0 Å². The van der Waals surface area contributed by atoms with E-state index in [0.717, 1.165) is 51.6 Å². The van der Waals surface area contributed by atoms with Crippen molar-refractivity contribution in [2.75, 3.05) is 13.1 Å². The van der Waals surface area contributed by atoms with Crippen molar-refractivity contribution in [3.05, 3.63) is 0 Å². The van der Waals surface area contributed by atoms with Gasteiger partial charge in [-0.2, -0.15) is 13.2 Å². The number of rotatable bonds is 32. The van der Waals surface area contributed by atoms with E-state index in [1.807, 2.05) is 0 Å². The summed E-state index contributed by atoms with van der Waals surface area (Å²) >= 11 is 0. The van der Waals surface area contributed by atoms with Crippen molar-refractivity contribution in [1.29, 1.82) is 0 Å². The first-order valence-corrected chi connectivity index (χ1v) is 17.8. The van der Waals surface area contributed by atoms with Crippen molar-refractivity contribution in [2.45, 2.75) is 206 Å². The molecule has 40 heavy (non-hydrogen) atoms. The van der Waals surface area contributed by atoms with E-state index < -0.39 is 11.6 Å². The van der Waals surface area contributed by atoms with Gasteiger partial charge >= 0.3 is 6.18 Å². The molecule has 0 aromatic carbocycles. The molecule has 0 aliphatic rings. The van der Waals surface area contributed by atoms with E-state index in [1.165, 1.54) is 135 Å². The molecule has 0 radical (unpaired) electrons. The molecule has 0 aromatic rings. The first kappa shape index (κ1) is 39.7. The summed E-state index contributed by atoms with van der Waals surface area (Å²) in [6.45, 7) is 3.11. The van der Waals surface area contributed by atoms with Crippen LogP contribution in [0.1, 0.15) is 200 Å². The maximum atomic E-state index is 13.9. The van der Waals surface area contributed by atoms with Crippen molar-refractivity contribution in [3.8, 4) is 0 Å². The Balaban J connectivity index is 3.65. The van der Waals surface area contributed by atoms with Gasteiger partial charge in [-0.3, -0.25) is 0 Å². The molecule has 2 nitrogen and oxygen atoms in total. The van der Waals surface area contributed by atoms with Gasteiger partial charge in [-0.1, -0.05) is 174 Å². The molecule has 0 heterocycles. The van der Waals surface area contributed by atoms with Crippen LogP contribution >= 0.6 is 0 Å². The quantitative estimate of drug-likeness (QED) is 0.0782. The van der Waals surface area contributed by atoms with Gasteiger partial charge < -0.3 is 11.5 Å². The minimum atomic E-state index is -4.08. The second kappa shape index (κ2) is 28.8. The molecule has 0 bridgehead atoms. The van der Waals surface area contributed by atoms with E-state index in [4.69, 9.17) is 11.5 Å². The highest BCUT2D eigenvalue weighted by Gasteiger charge is 2.49. The summed E-state index contributed by atoms with van der Waals surface area (Å²) < 4.78 is 41.6. The molecule has 0 aromatic heterocycles. The highest BCUT2D eigenvalue weighted by Crippen LogP contribution is 2.46. The maximum absolute atomic E-state index is 13.9. The fraction of sp³-hybridized carbons (Fsp3) is 1.00. The van der Waals surface area contributed by atoms with Crippen LogP contribution in [0.3, 0.4) is 0 Å². The monoisotopic (exact) mass is 577 g/mol. The van der Waals surface area contributed by atoms with Gasteiger partial charge in [-0.15, -0.1) is 0 Å². The molecule has 0 fully saturated rings. The normalized spacial score (nSPS) is 12.4. The zero-order chi connectivity index (χ0) is 29.6. The van der Waals surface area contributed by atoms with Gasteiger partial charge in [0.25, 0.3) is 0 Å². The van der Waals surface area contributed by atoms with Gasteiger partial charge in [0.1, 0.15) is 0 Å². The van der Waals surface area contributed by atoms with E-state index in [2.05, 4.69) is 0 Å². The Labute approximate surface area is 248 Å². The number of halogens is 3. The lowest BCUT2D eigenvalue weighted by Gasteiger charge is -2.32. The highest BCUT2D eigenvalue weighted by molar-refractivity contribution is 4.82. The number of hydrogen-bond donors (Lipinski definition) is 2. The zero-order valence-corrected chi connectivity index (χ0v) is 26.9. The van der Waals surface area contributed by atoms with E-state index >= 15 is 0 Å². The van der Waals surface area contributed by atoms with E-state index in [9.17, 15) is 13.2 Å². The minimum absolute atomic E-state index is 0.300. The van der Waals surface area contributed by atoms with Crippen LogP contribution in [0.4, 0.5) is 13.2 Å². The summed E-state index contributed by atoms with van der Waals surface area (Å²) in [5.41, 5.74) is 9.55. The smallest absolute Gasteiger partial charge is 0.330 e. The third kappa shape index (κ3) is 25.4. The van der Waals surface area contributed by atoms with Crippen LogP contribution in [0.25, 0.3) is 0 Å². The van der Waals surface area contributed by atoms with Crippen molar-refractivity contribution >= 4 is 0 Å². The number of alkyl halides is 3. The minimum Gasteiger partial charge on any atom is -0.330 e. The lowest BCUT2D eigenvalue weighted by molar-refractivity contribution is -0.223. The predicted molar refractivity (Wildman–Crippen MR) is 171 cm³/mol. The summed E-state index contributed by atoms with van der Waals surface area (Å²) in [4.78, 5) is 0. The lowest BCUT2D eigenvalue weighted by atomic mass is 9.79. The third-order valence-corrected chi connectivity index (χ3v) is 9.05. The standard InChI is InChI=1S/C35H71F3N2/c1-34(35(36,37)38,30-26-22-18-14-10-6-2-4-8-12-16-20-24-28-32-39)31-27-23-19-15-11-7-3-5-9-13-17-21-25-29-33-40/h2-33,39-40H2,1H3. The molecule has 0 atom stereocenters. The van der Waals surface area contributed by atoms with Gasteiger partial charge in [0.05, 0.1) is 5.41 Å². The number of unbranched alkanes of at least 4 members (excludes halogenated alkanes) is 26. The van der Waals surface area contributed by atoms with E-state index in [-0.39, 0.29) is 0 Å². The molecule has 0 amide bonds. The van der Waals surface area contributed by atoms with E-state index in [0.29, 0.717) is 25.7 Å². The molecular weight excluding hydrogens is 505 g/mol. The van der Waals surface area contributed by atoms with Crippen LogP contribution < -0.4 is 11.5 Å². The Hall–Kier alpha value is -0.290. The summed E-state index contributed by atoms with van der Waals surface area (Å²) in [6.07, 6.45) is 30.3. The molecule has 0 saturated carbocycles. The molecule has 0 saturated heterocycles. The van der Waals surface area contributed by atoms with Crippen molar-refractivity contribution in [3.63, 3.8) is 0 Å². The summed E-state index contributed by atoms with van der Waals surface area (Å²) in [6, 6.07) is 0. The average molecular weight is 577 g/mol. The Morgan fingerprint density at radius 3 is 0.675 bits per heavy atom. The lowest BCUT2D eigenvalue weighted by Crippen LogP contribution is -2.35. The second-order valence-electron chi connectivity index (χ2n) is 13.0. The molecule has 242 valence electrons. The maximum Gasteiger partial charge on any atom is 0.394 e. The highest BCUT2D eigenvalue weighted by atomic mass is 19.4. The van der Waals surface area contributed by atoms with Crippen LogP contribution in [0.2, 0.25) is 0 Å². The van der Waals surface area contributed by atoms with Crippen LogP contribution in [0.5, 0.6) is 0 Å². The van der Waals surface area contributed by atoms with Crippen LogP contribution in [0, 0.1) is 5.41 Å². The van der Waals surface area contributed by atoms with Crippen molar-refractivity contribution in [1.82, 2.24) is 0 Å². The molecule has 0 spiro atoms. The van der Waals surface area contributed by atoms with Gasteiger partial charge in [0.15, 0.2) is 0 Å². The number of nitrogens with two attached hydrogens (primary N) is 2. The largest absolute Gasteiger partial charge is 0.394 e. The first-order valence-electron chi connectivity index (χ1n) is 17.8. The predicted octanol–water partition coefficient (Wildman–Crippen LogP) is 12.2. The summed E-state index contributed by atoms with van der Waals surface area (Å²) in [5.74, 6) is 0. The Morgan fingerprint density at radius 1 is 0.325 bits per heavy atom. The van der Waals surface area contributed by atoms with Gasteiger partial charge in [0.2, 0.25) is 0 Å². The fourth-order valence-electron chi connectivity index (χ4n) is 5.97. The summed E-state index contributed by atoms with van der Waals surface area (Å²) in [5, 5.41) is 0. The average Bonchev–Trinajstić information content (AvgIpc) is 2.92. The molecular formula is C35H71F3N2. The Morgan fingerprint density at radius 2 is 0.500 bits per heavy atom. The zero-order valence-electron chi connectivity index (χ0n) is 26.9. The molecule has 0 unspecified atom stereocenters. The fourth-order valence-corrected chi connectivity index (χ4v) is 5.97. The van der Waals surface area contributed by atoms with Crippen molar-refractivity contribution in [2.24, 2.45) is 16.9 Å². The second-order valence-corrected chi connectivity index (χ2v) is 13.0. The molecule has 0 aliphatic carbocycles.